The smallest absolute Gasteiger partial charge is 0.279 e. The number of anilines is 1. The maximum atomic E-state index is 13.0. The predicted molar refractivity (Wildman–Crippen MR) is 84.0 cm³/mol. The first-order valence-electron chi connectivity index (χ1n) is 6.82. The van der Waals surface area contributed by atoms with Crippen molar-refractivity contribution in [2.24, 2.45) is 0 Å². The van der Waals surface area contributed by atoms with E-state index in [4.69, 9.17) is 0 Å². The number of halogens is 3. The zero-order valence-electron chi connectivity index (χ0n) is 12.1. The summed E-state index contributed by atoms with van der Waals surface area (Å²) in [6.45, 7) is 0. The first kappa shape index (κ1) is 16.3. The molecule has 0 spiro atoms. The summed E-state index contributed by atoms with van der Waals surface area (Å²) in [7, 11) is -4.24. The number of aromatic nitrogens is 1. The van der Waals surface area contributed by atoms with Crippen molar-refractivity contribution in [3.05, 3.63) is 66.4 Å². The number of hydrogen-bond acceptors (Lipinski definition) is 3. The van der Waals surface area contributed by atoms with Gasteiger partial charge in [0.2, 0.25) is 0 Å². The minimum Gasteiger partial charge on any atom is -0.279 e. The first-order chi connectivity index (χ1) is 11.3. The fourth-order valence-electron chi connectivity index (χ4n) is 2.31. The maximum Gasteiger partial charge on any atom is 0.418 e. The average Bonchev–Trinajstić information content (AvgIpc) is 2.53. The molecule has 0 radical (unpaired) electrons. The van der Waals surface area contributed by atoms with Gasteiger partial charge in [-0.2, -0.15) is 13.2 Å². The summed E-state index contributed by atoms with van der Waals surface area (Å²) >= 11 is 0. The molecule has 2 aromatic carbocycles. The molecule has 24 heavy (non-hydrogen) atoms. The number of fused-ring (bicyclic) bond motifs is 1. The number of alkyl halides is 3. The van der Waals surface area contributed by atoms with E-state index in [1.54, 1.807) is 18.2 Å². The monoisotopic (exact) mass is 352 g/mol. The molecule has 1 N–H and O–H groups in total. The molecule has 3 aromatic rings. The van der Waals surface area contributed by atoms with Crippen LogP contribution in [0.3, 0.4) is 0 Å². The van der Waals surface area contributed by atoms with Crippen LogP contribution in [-0.4, -0.2) is 13.4 Å². The van der Waals surface area contributed by atoms with Crippen LogP contribution in [0.5, 0.6) is 0 Å². The molecule has 0 aliphatic carbocycles. The lowest BCUT2D eigenvalue weighted by Crippen LogP contribution is -2.17. The molecule has 0 bridgehead atoms. The molecule has 3 rings (SSSR count). The van der Waals surface area contributed by atoms with Crippen molar-refractivity contribution in [1.29, 1.82) is 0 Å². The van der Waals surface area contributed by atoms with Crippen LogP contribution in [0.1, 0.15) is 5.56 Å². The highest BCUT2D eigenvalue weighted by molar-refractivity contribution is 7.93. The molecule has 4 nitrogen and oxygen atoms in total. The SMILES string of the molecule is O=S(=O)(Nc1ccccc1C(F)(F)F)c1cccc2cccnc12. The Morgan fingerprint density at radius 2 is 1.62 bits per heavy atom. The number of hydrogen-bond donors (Lipinski definition) is 1. The first-order valence-corrected chi connectivity index (χ1v) is 8.30. The molecule has 0 fully saturated rings. The second-order valence-electron chi connectivity index (χ2n) is 4.98. The van der Waals surface area contributed by atoms with Gasteiger partial charge in [-0.15, -0.1) is 0 Å². The molecule has 0 aliphatic rings. The van der Waals surface area contributed by atoms with E-state index in [9.17, 15) is 21.6 Å². The Morgan fingerprint density at radius 3 is 2.38 bits per heavy atom. The predicted octanol–water partition coefficient (Wildman–Crippen LogP) is 4.05. The number of sulfonamides is 1. The third kappa shape index (κ3) is 3.05. The van der Waals surface area contributed by atoms with Crippen LogP contribution >= 0.6 is 0 Å². The van der Waals surface area contributed by atoms with Gasteiger partial charge in [-0.1, -0.05) is 30.3 Å². The number of pyridine rings is 1. The van der Waals surface area contributed by atoms with Crippen LogP contribution in [0.2, 0.25) is 0 Å². The fraction of sp³-hybridized carbons (Fsp3) is 0.0625. The molecule has 0 saturated heterocycles. The lowest BCUT2D eigenvalue weighted by Gasteiger charge is -2.15. The van der Waals surface area contributed by atoms with Gasteiger partial charge in [0.05, 0.1) is 16.8 Å². The Morgan fingerprint density at radius 1 is 0.917 bits per heavy atom. The molecule has 0 amide bonds. The van der Waals surface area contributed by atoms with E-state index in [2.05, 4.69) is 4.98 Å². The Hall–Kier alpha value is -2.61. The van der Waals surface area contributed by atoms with Crippen LogP contribution in [0.15, 0.2) is 65.7 Å². The zero-order valence-corrected chi connectivity index (χ0v) is 12.9. The van der Waals surface area contributed by atoms with Crippen molar-refractivity contribution in [1.82, 2.24) is 4.98 Å². The fourth-order valence-corrected chi connectivity index (χ4v) is 3.57. The Bertz CT molecular complexity index is 996. The highest BCUT2D eigenvalue weighted by Crippen LogP contribution is 2.35. The Labute approximate surface area is 136 Å². The molecule has 0 atom stereocenters. The van der Waals surface area contributed by atoms with Crippen molar-refractivity contribution in [2.75, 3.05) is 4.72 Å². The Kier molecular flexibility index (Phi) is 3.92. The second kappa shape index (κ2) is 5.79. The summed E-state index contributed by atoms with van der Waals surface area (Å²) in [6.07, 6.45) is -3.25. The van der Waals surface area contributed by atoms with Gasteiger partial charge in [0.15, 0.2) is 0 Å². The number of para-hydroxylation sites is 2. The van der Waals surface area contributed by atoms with Gasteiger partial charge in [0.1, 0.15) is 4.90 Å². The van der Waals surface area contributed by atoms with E-state index in [1.807, 2.05) is 4.72 Å². The highest BCUT2D eigenvalue weighted by Gasteiger charge is 2.34. The molecular formula is C16H11F3N2O2S. The summed E-state index contributed by atoms with van der Waals surface area (Å²) in [5.41, 5.74) is -1.39. The third-order valence-electron chi connectivity index (χ3n) is 3.36. The lowest BCUT2D eigenvalue weighted by molar-refractivity contribution is -0.136. The van der Waals surface area contributed by atoms with Crippen molar-refractivity contribution >= 4 is 26.6 Å². The zero-order chi connectivity index (χ0) is 17.4. The van der Waals surface area contributed by atoms with Gasteiger partial charge in [0, 0.05) is 11.6 Å². The summed E-state index contributed by atoms with van der Waals surface area (Å²) in [6, 6.07) is 12.2. The van der Waals surface area contributed by atoms with Gasteiger partial charge >= 0.3 is 6.18 Å². The number of rotatable bonds is 3. The quantitative estimate of drug-likeness (QED) is 0.773. The van der Waals surface area contributed by atoms with Crippen LogP contribution < -0.4 is 4.72 Å². The Balaban J connectivity index is 2.10. The number of nitrogens with zero attached hydrogens (tertiary/aromatic N) is 1. The van der Waals surface area contributed by atoms with Crippen LogP contribution in [0, 0.1) is 0 Å². The largest absolute Gasteiger partial charge is 0.418 e. The van der Waals surface area contributed by atoms with Gasteiger partial charge in [-0.3, -0.25) is 9.71 Å². The summed E-state index contributed by atoms with van der Waals surface area (Å²) in [4.78, 5) is 3.84. The van der Waals surface area contributed by atoms with E-state index >= 15 is 0 Å². The van der Waals surface area contributed by atoms with E-state index in [1.165, 1.54) is 30.5 Å². The van der Waals surface area contributed by atoms with E-state index in [-0.39, 0.29) is 10.4 Å². The lowest BCUT2D eigenvalue weighted by atomic mass is 10.2. The minimum absolute atomic E-state index is 0.183. The van der Waals surface area contributed by atoms with Crippen LogP contribution in [0.25, 0.3) is 10.9 Å². The average molecular weight is 352 g/mol. The van der Waals surface area contributed by atoms with Gasteiger partial charge in [-0.05, 0) is 24.3 Å². The van der Waals surface area contributed by atoms with Crippen molar-refractivity contribution in [3.8, 4) is 0 Å². The molecule has 0 unspecified atom stereocenters. The van der Waals surface area contributed by atoms with Gasteiger partial charge in [-0.25, -0.2) is 8.42 Å². The molecule has 8 heteroatoms. The number of nitrogens with one attached hydrogen (secondary N) is 1. The molecular weight excluding hydrogens is 341 g/mol. The van der Waals surface area contributed by atoms with Crippen molar-refractivity contribution in [2.45, 2.75) is 11.1 Å². The highest BCUT2D eigenvalue weighted by atomic mass is 32.2. The van der Waals surface area contributed by atoms with E-state index < -0.39 is 27.5 Å². The summed E-state index contributed by atoms with van der Waals surface area (Å²) in [5.74, 6) is 0. The molecule has 0 saturated carbocycles. The van der Waals surface area contributed by atoms with Crippen molar-refractivity contribution in [3.63, 3.8) is 0 Å². The van der Waals surface area contributed by atoms with Gasteiger partial charge in [0.25, 0.3) is 10.0 Å². The normalized spacial score (nSPS) is 12.3. The molecule has 1 heterocycles. The topological polar surface area (TPSA) is 59.1 Å². The van der Waals surface area contributed by atoms with E-state index in [0.29, 0.717) is 5.39 Å². The standard InChI is InChI=1S/C16H11F3N2O2S/c17-16(18,19)12-7-1-2-8-13(12)21-24(22,23)14-9-3-5-11-6-4-10-20-15(11)14/h1-10,21H. The molecule has 0 aliphatic heterocycles. The van der Waals surface area contributed by atoms with Crippen molar-refractivity contribution < 1.29 is 21.6 Å². The third-order valence-corrected chi connectivity index (χ3v) is 4.76. The van der Waals surface area contributed by atoms with Crippen LogP contribution in [0.4, 0.5) is 18.9 Å². The summed E-state index contributed by atoms with van der Waals surface area (Å²) in [5, 5.41) is 0.574. The van der Waals surface area contributed by atoms with E-state index in [0.717, 1.165) is 12.1 Å². The summed E-state index contributed by atoms with van der Waals surface area (Å²) < 4.78 is 66.3. The van der Waals surface area contributed by atoms with Gasteiger partial charge < -0.3 is 0 Å². The second-order valence-corrected chi connectivity index (χ2v) is 6.63. The van der Waals surface area contributed by atoms with Crippen LogP contribution in [-0.2, 0) is 16.2 Å². The maximum absolute atomic E-state index is 13.0. The molecule has 1 aromatic heterocycles. The minimum atomic E-state index is -4.67. The number of benzene rings is 2. The molecule has 124 valence electrons.